The largest absolute Gasteiger partial charge is 0.316 e. The molecule has 1 aliphatic rings. The minimum atomic E-state index is 0. The summed E-state index contributed by atoms with van der Waals surface area (Å²) in [5, 5.41) is 6.30. The number of hydrogen-bond acceptors (Lipinski definition) is 3. The van der Waals surface area contributed by atoms with Crippen molar-refractivity contribution in [3.63, 3.8) is 0 Å². The Hall–Kier alpha value is 0.200. The fraction of sp³-hybridized carbons (Fsp3) is 0.600. The van der Waals surface area contributed by atoms with Crippen LogP contribution in [0.5, 0.6) is 0 Å². The molecular formula is C10H16Cl2N2S. The third-order valence-corrected chi connectivity index (χ3v) is 4.11. The predicted octanol–water partition coefficient (Wildman–Crippen LogP) is 2.62. The number of likely N-dealkylation sites (N-methyl/N-ethyl adjacent to an activating group) is 1. The Morgan fingerprint density at radius 3 is 3.00 bits per heavy atom. The average Bonchev–Trinajstić information content (AvgIpc) is 2.77. The molecule has 0 aromatic carbocycles. The van der Waals surface area contributed by atoms with Crippen molar-refractivity contribution in [3.8, 4) is 0 Å². The molecule has 1 unspecified atom stereocenters. The Balaban J connectivity index is 0.00000112. The topological polar surface area (TPSA) is 15.3 Å². The minimum Gasteiger partial charge on any atom is -0.316 e. The monoisotopic (exact) mass is 266 g/mol. The minimum absolute atomic E-state index is 0. The molecule has 1 aromatic rings. The summed E-state index contributed by atoms with van der Waals surface area (Å²) in [5.41, 5.74) is 0. The van der Waals surface area contributed by atoms with Gasteiger partial charge in [0.2, 0.25) is 0 Å². The van der Waals surface area contributed by atoms with Crippen molar-refractivity contribution in [1.82, 2.24) is 10.2 Å². The van der Waals surface area contributed by atoms with Crippen LogP contribution in [0.1, 0.15) is 11.3 Å². The van der Waals surface area contributed by atoms with Gasteiger partial charge in [-0.3, -0.25) is 4.90 Å². The van der Waals surface area contributed by atoms with Gasteiger partial charge in [-0.15, -0.1) is 23.7 Å². The van der Waals surface area contributed by atoms with Crippen LogP contribution < -0.4 is 5.32 Å². The molecule has 1 aliphatic heterocycles. The lowest BCUT2D eigenvalue weighted by Crippen LogP contribution is -2.29. The molecule has 0 bridgehead atoms. The number of nitrogens with one attached hydrogen (secondary N) is 1. The molecule has 0 saturated carbocycles. The second-order valence-corrected chi connectivity index (χ2v) is 5.11. The number of halogens is 2. The van der Waals surface area contributed by atoms with Gasteiger partial charge in [0.1, 0.15) is 0 Å². The van der Waals surface area contributed by atoms with Gasteiger partial charge >= 0.3 is 0 Å². The van der Waals surface area contributed by atoms with Gasteiger partial charge in [0.25, 0.3) is 0 Å². The van der Waals surface area contributed by atoms with Crippen LogP contribution >= 0.6 is 35.3 Å². The first-order valence-corrected chi connectivity index (χ1v) is 6.17. The van der Waals surface area contributed by atoms with E-state index in [4.69, 9.17) is 11.6 Å². The molecule has 1 atom stereocenters. The van der Waals surface area contributed by atoms with Gasteiger partial charge in [0.15, 0.2) is 0 Å². The van der Waals surface area contributed by atoms with E-state index in [9.17, 15) is 0 Å². The number of likely N-dealkylation sites (tertiary alicyclic amines) is 1. The van der Waals surface area contributed by atoms with Gasteiger partial charge in [-0.25, -0.2) is 0 Å². The van der Waals surface area contributed by atoms with Gasteiger partial charge in [-0.05, 0) is 24.9 Å². The molecule has 1 N–H and O–H groups in total. The van der Waals surface area contributed by atoms with Crippen LogP contribution in [0.4, 0.5) is 0 Å². The molecule has 0 spiro atoms. The molecule has 86 valence electrons. The summed E-state index contributed by atoms with van der Waals surface area (Å²) >= 11 is 7.81. The predicted molar refractivity (Wildman–Crippen MR) is 69.3 cm³/mol. The van der Waals surface area contributed by atoms with Gasteiger partial charge in [-0.1, -0.05) is 11.6 Å². The van der Waals surface area contributed by atoms with Crippen molar-refractivity contribution >= 4 is 35.3 Å². The maximum atomic E-state index is 6.06. The lowest BCUT2D eigenvalue weighted by atomic mass is 10.3. The summed E-state index contributed by atoms with van der Waals surface area (Å²) in [6.45, 7) is 3.33. The molecule has 0 radical (unpaired) electrons. The lowest BCUT2D eigenvalue weighted by Gasteiger charge is -2.14. The molecule has 2 heterocycles. The standard InChI is InChI=1S/C10H15ClN2S.ClH/c1-12-8-2-4-13(6-8)7-10-9(11)3-5-14-10;/h3,5,8,12H,2,4,6-7H2,1H3;1H. The van der Waals surface area contributed by atoms with E-state index in [1.165, 1.54) is 17.8 Å². The smallest absolute Gasteiger partial charge is 0.0558 e. The summed E-state index contributed by atoms with van der Waals surface area (Å²) in [6, 6.07) is 2.64. The molecule has 2 rings (SSSR count). The van der Waals surface area contributed by atoms with Crippen molar-refractivity contribution in [3.05, 3.63) is 21.3 Å². The summed E-state index contributed by atoms with van der Waals surface area (Å²) < 4.78 is 0. The molecule has 1 fully saturated rings. The first kappa shape index (κ1) is 13.3. The fourth-order valence-electron chi connectivity index (χ4n) is 1.85. The van der Waals surface area contributed by atoms with E-state index in [0.29, 0.717) is 6.04 Å². The van der Waals surface area contributed by atoms with Gasteiger partial charge in [0.05, 0.1) is 5.02 Å². The van der Waals surface area contributed by atoms with E-state index in [0.717, 1.165) is 18.1 Å². The maximum absolute atomic E-state index is 6.06. The normalized spacial score (nSPS) is 21.6. The van der Waals surface area contributed by atoms with Crippen LogP contribution in [0.25, 0.3) is 0 Å². The highest BCUT2D eigenvalue weighted by molar-refractivity contribution is 7.10. The SMILES string of the molecule is CNC1CCN(Cc2sccc2Cl)C1.Cl. The Morgan fingerprint density at radius 2 is 2.47 bits per heavy atom. The van der Waals surface area contributed by atoms with E-state index < -0.39 is 0 Å². The molecule has 15 heavy (non-hydrogen) atoms. The van der Waals surface area contributed by atoms with E-state index in [-0.39, 0.29) is 12.4 Å². The van der Waals surface area contributed by atoms with Crippen molar-refractivity contribution in [2.45, 2.75) is 19.0 Å². The van der Waals surface area contributed by atoms with Gasteiger partial charge < -0.3 is 5.32 Å². The molecule has 2 nitrogen and oxygen atoms in total. The van der Waals surface area contributed by atoms with Crippen LogP contribution in [0.15, 0.2) is 11.4 Å². The van der Waals surface area contributed by atoms with Crippen molar-refractivity contribution in [2.75, 3.05) is 20.1 Å². The quantitative estimate of drug-likeness (QED) is 0.905. The number of nitrogens with zero attached hydrogens (tertiary/aromatic N) is 1. The number of rotatable bonds is 3. The van der Waals surface area contributed by atoms with Crippen LogP contribution in [0.3, 0.4) is 0 Å². The summed E-state index contributed by atoms with van der Waals surface area (Å²) in [6.07, 6.45) is 1.25. The van der Waals surface area contributed by atoms with Gasteiger partial charge in [-0.2, -0.15) is 0 Å². The highest BCUT2D eigenvalue weighted by atomic mass is 35.5. The molecule has 0 aliphatic carbocycles. The van der Waals surface area contributed by atoms with Crippen LogP contribution in [0, 0.1) is 0 Å². The Kier molecular flexibility index (Phi) is 5.36. The maximum Gasteiger partial charge on any atom is 0.0558 e. The fourth-order valence-corrected chi connectivity index (χ4v) is 2.99. The van der Waals surface area contributed by atoms with E-state index in [1.54, 1.807) is 11.3 Å². The van der Waals surface area contributed by atoms with Crippen LogP contribution in [-0.2, 0) is 6.54 Å². The molecule has 5 heteroatoms. The highest BCUT2D eigenvalue weighted by Crippen LogP contribution is 2.24. The number of hydrogen-bond donors (Lipinski definition) is 1. The Morgan fingerprint density at radius 1 is 1.67 bits per heavy atom. The third kappa shape index (κ3) is 3.33. The highest BCUT2D eigenvalue weighted by Gasteiger charge is 2.21. The summed E-state index contributed by atoms with van der Waals surface area (Å²) in [5.74, 6) is 0. The van der Waals surface area contributed by atoms with E-state index in [1.807, 2.05) is 13.1 Å². The summed E-state index contributed by atoms with van der Waals surface area (Å²) in [7, 11) is 2.03. The first-order chi connectivity index (χ1) is 6.79. The lowest BCUT2D eigenvalue weighted by molar-refractivity contribution is 0.325. The molecule has 0 amide bonds. The number of thiophene rings is 1. The van der Waals surface area contributed by atoms with E-state index >= 15 is 0 Å². The molecular weight excluding hydrogens is 251 g/mol. The zero-order chi connectivity index (χ0) is 9.97. The Bertz CT molecular complexity index is 303. The van der Waals surface area contributed by atoms with E-state index in [2.05, 4.69) is 15.6 Å². The van der Waals surface area contributed by atoms with Crippen LogP contribution in [-0.4, -0.2) is 31.1 Å². The average molecular weight is 267 g/mol. The molecule has 1 aromatic heterocycles. The van der Waals surface area contributed by atoms with Gasteiger partial charge in [0, 0.05) is 30.6 Å². The van der Waals surface area contributed by atoms with Crippen molar-refractivity contribution < 1.29 is 0 Å². The second-order valence-electron chi connectivity index (χ2n) is 3.70. The van der Waals surface area contributed by atoms with Crippen molar-refractivity contribution in [1.29, 1.82) is 0 Å². The summed E-state index contributed by atoms with van der Waals surface area (Å²) in [4.78, 5) is 3.75. The molecule has 1 saturated heterocycles. The second kappa shape index (κ2) is 6.06. The van der Waals surface area contributed by atoms with Crippen LogP contribution in [0.2, 0.25) is 5.02 Å². The first-order valence-electron chi connectivity index (χ1n) is 4.91. The zero-order valence-corrected chi connectivity index (χ0v) is 11.1. The zero-order valence-electron chi connectivity index (χ0n) is 8.70. The van der Waals surface area contributed by atoms with Crippen molar-refractivity contribution in [2.24, 2.45) is 0 Å². The Labute approximate surface area is 106 Å². The third-order valence-electron chi connectivity index (χ3n) is 2.74.